The Bertz CT molecular complexity index is 132. The molecule has 0 amide bonds. The molecule has 0 aromatic rings. The Labute approximate surface area is 71.2 Å². The maximum Gasteiger partial charge on any atom is 0.0357 e. The van der Waals surface area contributed by atoms with E-state index < -0.39 is 0 Å². The minimum atomic E-state index is 1.10. The molecule has 0 aliphatic heterocycles. The van der Waals surface area contributed by atoms with Crippen molar-refractivity contribution in [3.8, 4) is 0 Å². The summed E-state index contributed by atoms with van der Waals surface area (Å²) in [4.78, 5) is 4.15. The van der Waals surface area contributed by atoms with E-state index in [0.29, 0.717) is 0 Å². The summed E-state index contributed by atoms with van der Waals surface area (Å²) in [6, 6.07) is 0. The highest BCUT2D eigenvalue weighted by Crippen LogP contribution is 2.06. The zero-order chi connectivity index (χ0) is 9.28. The third kappa shape index (κ3) is 7.31. The van der Waals surface area contributed by atoms with Gasteiger partial charge in [-0.05, 0) is 27.2 Å². The number of allylic oxidation sites excluding steroid dienone is 2. The first-order chi connectivity index (χ1) is 5.22. The maximum absolute atomic E-state index is 4.15. The van der Waals surface area contributed by atoms with Crippen molar-refractivity contribution in [1.82, 2.24) is 0 Å². The number of rotatable bonds is 2. The molecule has 0 atom stereocenters. The van der Waals surface area contributed by atoms with Crippen LogP contribution < -0.4 is 0 Å². The molecule has 0 aromatic carbocycles. The van der Waals surface area contributed by atoms with Crippen LogP contribution in [0.25, 0.3) is 0 Å². The van der Waals surface area contributed by atoms with Gasteiger partial charge in [0.2, 0.25) is 0 Å². The Hall–Kier alpha value is -0.590. The predicted molar refractivity (Wildman–Crippen MR) is 54.2 cm³/mol. The van der Waals surface area contributed by atoms with E-state index in [0.717, 1.165) is 12.1 Å². The summed E-state index contributed by atoms with van der Waals surface area (Å²) in [6.07, 6.45) is 2.93. The molecule has 0 bridgehead atoms. The van der Waals surface area contributed by atoms with Crippen LogP contribution in [0.3, 0.4) is 0 Å². The van der Waals surface area contributed by atoms with Gasteiger partial charge in [-0.3, -0.25) is 4.99 Å². The molecule has 0 aliphatic rings. The molecular formula is C10H21N. The average Bonchev–Trinajstić information content (AvgIpc) is 2.07. The Morgan fingerprint density at radius 3 is 2.00 bits per heavy atom. The summed E-state index contributed by atoms with van der Waals surface area (Å²) >= 11 is 0. The molecule has 0 heterocycles. The summed E-state index contributed by atoms with van der Waals surface area (Å²) in [5.41, 5.74) is 2.52. The molecule has 1 heteroatoms. The normalized spacial score (nSPS) is 12.2. The fraction of sp³-hybridized carbons (Fsp3) is 0.700. The summed E-state index contributed by atoms with van der Waals surface area (Å²) in [6.45, 7) is 12.2. The standard InChI is InChI=1S/C8H15N.C2H6/c1-5-7(3)8(4)9-6-2;1-2/h6H,5H2,1-4H3;1-2H3/b8-7-,9-6?;. The molecular weight excluding hydrogens is 134 g/mol. The van der Waals surface area contributed by atoms with Gasteiger partial charge in [-0.25, -0.2) is 0 Å². The second kappa shape index (κ2) is 9.41. The molecule has 0 saturated carbocycles. The van der Waals surface area contributed by atoms with Crippen LogP contribution in [0, 0.1) is 0 Å². The van der Waals surface area contributed by atoms with Crippen LogP contribution in [0.15, 0.2) is 16.3 Å². The van der Waals surface area contributed by atoms with E-state index in [9.17, 15) is 0 Å². The molecule has 0 fully saturated rings. The fourth-order valence-corrected chi connectivity index (χ4v) is 0.560. The minimum Gasteiger partial charge on any atom is -0.266 e. The Balaban J connectivity index is 0. The lowest BCUT2D eigenvalue weighted by molar-refractivity contribution is 1.04. The molecule has 0 saturated heterocycles. The van der Waals surface area contributed by atoms with Crippen LogP contribution >= 0.6 is 0 Å². The van der Waals surface area contributed by atoms with Crippen LogP contribution in [0.5, 0.6) is 0 Å². The highest BCUT2D eigenvalue weighted by Gasteiger charge is 1.87. The van der Waals surface area contributed by atoms with E-state index >= 15 is 0 Å². The lowest BCUT2D eigenvalue weighted by Crippen LogP contribution is -1.77. The van der Waals surface area contributed by atoms with Crippen LogP contribution in [-0.4, -0.2) is 6.21 Å². The van der Waals surface area contributed by atoms with Gasteiger partial charge in [-0.15, -0.1) is 0 Å². The number of aliphatic imine (C=N–C) groups is 1. The van der Waals surface area contributed by atoms with E-state index in [-0.39, 0.29) is 0 Å². The van der Waals surface area contributed by atoms with Crippen molar-refractivity contribution in [2.75, 3.05) is 0 Å². The quantitative estimate of drug-likeness (QED) is 0.538. The number of nitrogens with zero attached hydrogens (tertiary/aromatic N) is 1. The van der Waals surface area contributed by atoms with Crippen molar-refractivity contribution in [2.45, 2.75) is 48.0 Å². The van der Waals surface area contributed by atoms with Crippen molar-refractivity contribution >= 4 is 6.21 Å². The summed E-state index contributed by atoms with van der Waals surface area (Å²) < 4.78 is 0. The van der Waals surface area contributed by atoms with Gasteiger partial charge in [-0.2, -0.15) is 0 Å². The van der Waals surface area contributed by atoms with E-state index in [1.165, 1.54) is 5.57 Å². The van der Waals surface area contributed by atoms with Gasteiger partial charge in [0, 0.05) is 11.9 Å². The molecule has 0 N–H and O–H groups in total. The van der Waals surface area contributed by atoms with Crippen LogP contribution in [0.2, 0.25) is 0 Å². The number of hydrogen-bond acceptors (Lipinski definition) is 1. The fourth-order valence-electron chi connectivity index (χ4n) is 0.560. The molecule has 0 rings (SSSR count). The Morgan fingerprint density at radius 1 is 1.27 bits per heavy atom. The van der Waals surface area contributed by atoms with Gasteiger partial charge in [0.15, 0.2) is 0 Å². The van der Waals surface area contributed by atoms with Crippen LogP contribution in [-0.2, 0) is 0 Å². The van der Waals surface area contributed by atoms with Gasteiger partial charge in [0.1, 0.15) is 0 Å². The van der Waals surface area contributed by atoms with Crippen LogP contribution in [0.4, 0.5) is 0 Å². The molecule has 0 aliphatic carbocycles. The highest BCUT2D eigenvalue weighted by molar-refractivity contribution is 5.55. The second-order valence-electron chi connectivity index (χ2n) is 2.11. The topological polar surface area (TPSA) is 12.4 Å². The molecule has 66 valence electrons. The zero-order valence-corrected chi connectivity index (χ0v) is 8.73. The summed E-state index contributed by atoms with van der Waals surface area (Å²) in [5, 5.41) is 0. The van der Waals surface area contributed by atoms with E-state index in [2.05, 4.69) is 18.8 Å². The molecule has 0 unspecified atom stereocenters. The second-order valence-corrected chi connectivity index (χ2v) is 2.11. The summed E-state index contributed by atoms with van der Waals surface area (Å²) in [7, 11) is 0. The van der Waals surface area contributed by atoms with Crippen molar-refractivity contribution in [2.24, 2.45) is 4.99 Å². The zero-order valence-electron chi connectivity index (χ0n) is 8.73. The smallest absolute Gasteiger partial charge is 0.0357 e. The third-order valence-corrected chi connectivity index (χ3v) is 1.47. The number of hydrogen-bond donors (Lipinski definition) is 0. The maximum atomic E-state index is 4.15. The predicted octanol–water partition coefficient (Wildman–Crippen LogP) is 3.81. The third-order valence-electron chi connectivity index (χ3n) is 1.47. The SMILES string of the molecule is CC.CC=N/C(C)=C(/C)CC. The van der Waals surface area contributed by atoms with E-state index in [1.807, 2.05) is 33.9 Å². The lowest BCUT2D eigenvalue weighted by Gasteiger charge is -1.96. The molecule has 11 heavy (non-hydrogen) atoms. The van der Waals surface area contributed by atoms with E-state index in [1.54, 1.807) is 0 Å². The first-order valence-electron chi connectivity index (χ1n) is 4.37. The monoisotopic (exact) mass is 155 g/mol. The van der Waals surface area contributed by atoms with Gasteiger partial charge < -0.3 is 0 Å². The van der Waals surface area contributed by atoms with Crippen molar-refractivity contribution in [3.05, 3.63) is 11.3 Å². The van der Waals surface area contributed by atoms with Gasteiger partial charge in [0.25, 0.3) is 0 Å². The molecule has 1 nitrogen and oxygen atoms in total. The molecule has 0 spiro atoms. The van der Waals surface area contributed by atoms with Gasteiger partial charge in [0.05, 0.1) is 0 Å². The minimum absolute atomic E-state index is 1.10. The van der Waals surface area contributed by atoms with Gasteiger partial charge in [-0.1, -0.05) is 26.3 Å². The van der Waals surface area contributed by atoms with E-state index in [4.69, 9.17) is 0 Å². The van der Waals surface area contributed by atoms with Crippen molar-refractivity contribution < 1.29 is 0 Å². The largest absolute Gasteiger partial charge is 0.266 e. The first-order valence-corrected chi connectivity index (χ1v) is 4.37. The Morgan fingerprint density at radius 2 is 1.73 bits per heavy atom. The van der Waals surface area contributed by atoms with Crippen molar-refractivity contribution in [1.29, 1.82) is 0 Å². The summed E-state index contributed by atoms with van der Waals surface area (Å²) in [5.74, 6) is 0. The Kier molecular flexibility index (Phi) is 11.1. The molecule has 0 radical (unpaired) electrons. The van der Waals surface area contributed by atoms with Crippen molar-refractivity contribution in [3.63, 3.8) is 0 Å². The highest BCUT2D eigenvalue weighted by atomic mass is 14.7. The van der Waals surface area contributed by atoms with Gasteiger partial charge >= 0.3 is 0 Å². The molecule has 0 aromatic heterocycles. The lowest BCUT2D eigenvalue weighted by atomic mass is 10.2. The van der Waals surface area contributed by atoms with Crippen LogP contribution in [0.1, 0.15) is 48.0 Å². The average molecular weight is 155 g/mol. The first kappa shape index (κ1) is 13.0.